The van der Waals surface area contributed by atoms with Crippen LogP contribution < -0.4 is 16.2 Å². The Labute approximate surface area is 133 Å². The Morgan fingerprint density at radius 3 is 2.77 bits per heavy atom. The Hall–Kier alpha value is -2.41. The lowest BCUT2D eigenvalue weighted by molar-refractivity contribution is 0.340. The molecule has 1 aromatic heterocycles. The SMILES string of the molecule is CCOc1cccc(-c2nc(C)c(C(C)=NN=C(N)N)s2)c1. The molecule has 0 bridgehead atoms. The van der Waals surface area contributed by atoms with E-state index < -0.39 is 0 Å². The molecule has 1 heterocycles. The van der Waals surface area contributed by atoms with Crippen molar-refractivity contribution < 1.29 is 4.74 Å². The van der Waals surface area contributed by atoms with Crippen molar-refractivity contribution >= 4 is 23.0 Å². The Bertz CT molecular complexity index is 716. The van der Waals surface area contributed by atoms with Gasteiger partial charge >= 0.3 is 0 Å². The number of aromatic nitrogens is 1. The molecule has 0 aliphatic carbocycles. The molecule has 0 aliphatic heterocycles. The van der Waals surface area contributed by atoms with Crippen molar-refractivity contribution in [2.75, 3.05) is 6.61 Å². The molecule has 0 spiro atoms. The number of ether oxygens (including phenoxy) is 1. The van der Waals surface area contributed by atoms with Crippen LogP contribution in [0.4, 0.5) is 0 Å². The molecule has 2 aromatic rings. The predicted molar refractivity (Wildman–Crippen MR) is 91.5 cm³/mol. The Kier molecular flexibility index (Phi) is 5.11. The average molecular weight is 317 g/mol. The average Bonchev–Trinajstić information content (AvgIpc) is 2.87. The number of nitrogens with zero attached hydrogens (tertiary/aromatic N) is 3. The highest BCUT2D eigenvalue weighted by molar-refractivity contribution is 7.17. The van der Waals surface area contributed by atoms with E-state index in [1.807, 2.05) is 45.0 Å². The summed E-state index contributed by atoms with van der Waals surface area (Å²) in [6, 6.07) is 7.87. The first-order valence-corrected chi connectivity index (χ1v) is 7.67. The monoisotopic (exact) mass is 317 g/mol. The molecule has 0 atom stereocenters. The highest BCUT2D eigenvalue weighted by Crippen LogP contribution is 2.30. The van der Waals surface area contributed by atoms with Gasteiger partial charge < -0.3 is 16.2 Å². The van der Waals surface area contributed by atoms with Gasteiger partial charge in [-0.2, -0.15) is 5.10 Å². The van der Waals surface area contributed by atoms with Gasteiger partial charge in [-0.1, -0.05) is 12.1 Å². The molecule has 0 radical (unpaired) electrons. The maximum absolute atomic E-state index is 5.52. The molecule has 4 N–H and O–H groups in total. The summed E-state index contributed by atoms with van der Waals surface area (Å²) in [5.41, 5.74) is 13.2. The maximum atomic E-state index is 5.52. The van der Waals surface area contributed by atoms with Crippen molar-refractivity contribution in [2.24, 2.45) is 21.7 Å². The van der Waals surface area contributed by atoms with E-state index in [-0.39, 0.29) is 5.96 Å². The van der Waals surface area contributed by atoms with Crippen LogP contribution in [-0.2, 0) is 0 Å². The zero-order chi connectivity index (χ0) is 16.1. The summed E-state index contributed by atoms with van der Waals surface area (Å²) in [7, 11) is 0. The van der Waals surface area contributed by atoms with Crippen molar-refractivity contribution in [3.05, 3.63) is 34.8 Å². The first-order chi connectivity index (χ1) is 10.5. The van der Waals surface area contributed by atoms with Gasteiger partial charge in [0.2, 0.25) is 5.96 Å². The smallest absolute Gasteiger partial charge is 0.211 e. The van der Waals surface area contributed by atoms with E-state index in [9.17, 15) is 0 Å². The van der Waals surface area contributed by atoms with Gasteiger partial charge in [-0.3, -0.25) is 0 Å². The van der Waals surface area contributed by atoms with Crippen LogP contribution >= 0.6 is 11.3 Å². The second-order valence-corrected chi connectivity index (χ2v) is 5.60. The fourth-order valence-electron chi connectivity index (χ4n) is 1.92. The number of hydrogen-bond donors (Lipinski definition) is 2. The van der Waals surface area contributed by atoms with Gasteiger partial charge in [0.25, 0.3) is 0 Å². The molecule has 2 rings (SSSR count). The predicted octanol–water partition coefficient (Wildman–Crippen LogP) is 2.51. The van der Waals surface area contributed by atoms with E-state index in [0.29, 0.717) is 6.61 Å². The van der Waals surface area contributed by atoms with Crippen molar-refractivity contribution in [3.63, 3.8) is 0 Å². The lowest BCUT2D eigenvalue weighted by atomic mass is 10.2. The fourth-order valence-corrected chi connectivity index (χ4v) is 2.92. The summed E-state index contributed by atoms with van der Waals surface area (Å²) in [5, 5.41) is 8.60. The Balaban J connectivity index is 2.35. The number of nitrogens with two attached hydrogens (primary N) is 2. The molecule has 0 amide bonds. The minimum atomic E-state index is -0.0637. The molecule has 0 saturated heterocycles. The highest BCUT2D eigenvalue weighted by Gasteiger charge is 2.12. The van der Waals surface area contributed by atoms with Crippen molar-refractivity contribution in [2.45, 2.75) is 20.8 Å². The molecule has 6 nitrogen and oxygen atoms in total. The van der Waals surface area contributed by atoms with E-state index >= 15 is 0 Å². The number of hydrogen-bond acceptors (Lipinski definition) is 5. The van der Waals surface area contributed by atoms with Crippen LogP contribution in [0.5, 0.6) is 5.75 Å². The van der Waals surface area contributed by atoms with Gasteiger partial charge in [-0.25, -0.2) is 4.98 Å². The summed E-state index contributed by atoms with van der Waals surface area (Å²) in [6.45, 7) is 6.39. The third kappa shape index (κ3) is 3.82. The molecule has 1 aromatic carbocycles. The summed E-state index contributed by atoms with van der Waals surface area (Å²) >= 11 is 1.55. The van der Waals surface area contributed by atoms with Crippen molar-refractivity contribution in [3.8, 4) is 16.3 Å². The molecule has 0 saturated carbocycles. The lowest BCUT2D eigenvalue weighted by Gasteiger charge is -2.03. The quantitative estimate of drug-likeness (QED) is 0.503. The number of guanidine groups is 1. The Morgan fingerprint density at radius 1 is 1.32 bits per heavy atom. The molecule has 0 unspecified atom stereocenters. The van der Waals surface area contributed by atoms with Crippen molar-refractivity contribution in [1.29, 1.82) is 0 Å². The third-order valence-corrected chi connectivity index (χ3v) is 4.15. The van der Waals surface area contributed by atoms with Gasteiger partial charge in [0, 0.05) is 5.56 Å². The van der Waals surface area contributed by atoms with Gasteiger partial charge in [-0.05, 0) is 32.9 Å². The van der Waals surface area contributed by atoms with Gasteiger partial charge in [0.05, 0.1) is 22.9 Å². The van der Waals surface area contributed by atoms with Crippen LogP contribution in [0.2, 0.25) is 0 Å². The minimum absolute atomic E-state index is 0.0637. The summed E-state index contributed by atoms with van der Waals surface area (Å²) in [6.07, 6.45) is 0. The standard InChI is InChI=1S/C15H19N5OS/c1-4-21-12-7-5-6-11(8-12)14-18-9(2)13(22-14)10(3)19-20-15(16)17/h5-8H,4H2,1-3H3,(H4,16,17,20). The summed E-state index contributed by atoms with van der Waals surface area (Å²) < 4.78 is 5.52. The van der Waals surface area contributed by atoms with Crippen molar-refractivity contribution in [1.82, 2.24) is 4.98 Å². The number of rotatable bonds is 5. The minimum Gasteiger partial charge on any atom is -0.494 e. The van der Waals surface area contributed by atoms with Crippen LogP contribution in [0.3, 0.4) is 0 Å². The van der Waals surface area contributed by atoms with Crippen LogP contribution in [0, 0.1) is 6.92 Å². The van der Waals surface area contributed by atoms with Gasteiger partial charge in [0.15, 0.2) is 0 Å². The van der Waals surface area contributed by atoms with E-state index in [0.717, 1.165) is 32.6 Å². The Morgan fingerprint density at radius 2 is 2.09 bits per heavy atom. The first kappa shape index (κ1) is 16.0. The lowest BCUT2D eigenvalue weighted by Crippen LogP contribution is -2.22. The fraction of sp³-hybridized carbons (Fsp3) is 0.267. The number of benzene rings is 1. The number of thiazole rings is 1. The van der Waals surface area contributed by atoms with Crippen LogP contribution in [0.15, 0.2) is 34.5 Å². The molecule has 7 heteroatoms. The highest BCUT2D eigenvalue weighted by atomic mass is 32.1. The first-order valence-electron chi connectivity index (χ1n) is 6.85. The second kappa shape index (κ2) is 7.04. The van der Waals surface area contributed by atoms with E-state index in [1.165, 1.54) is 0 Å². The van der Waals surface area contributed by atoms with E-state index in [1.54, 1.807) is 11.3 Å². The molecule has 116 valence electrons. The van der Waals surface area contributed by atoms with Crippen LogP contribution in [-0.4, -0.2) is 23.3 Å². The van der Waals surface area contributed by atoms with Crippen LogP contribution in [0.1, 0.15) is 24.4 Å². The molecule has 0 fully saturated rings. The van der Waals surface area contributed by atoms with Gasteiger partial charge in [-0.15, -0.1) is 16.4 Å². The summed E-state index contributed by atoms with van der Waals surface area (Å²) in [4.78, 5) is 5.56. The van der Waals surface area contributed by atoms with E-state index in [2.05, 4.69) is 15.2 Å². The molecular formula is C15H19N5OS. The third-order valence-electron chi connectivity index (χ3n) is 2.83. The second-order valence-electron chi connectivity index (χ2n) is 4.60. The number of aryl methyl sites for hydroxylation is 1. The largest absolute Gasteiger partial charge is 0.494 e. The zero-order valence-electron chi connectivity index (χ0n) is 12.8. The zero-order valence-corrected chi connectivity index (χ0v) is 13.6. The molecule has 22 heavy (non-hydrogen) atoms. The van der Waals surface area contributed by atoms with Crippen LogP contribution in [0.25, 0.3) is 10.6 Å². The maximum Gasteiger partial charge on any atom is 0.211 e. The normalized spacial score (nSPS) is 11.3. The summed E-state index contributed by atoms with van der Waals surface area (Å²) in [5.74, 6) is 0.770. The van der Waals surface area contributed by atoms with Gasteiger partial charge in [0.1, 0.15) is 10.8 Å². The van der Waals surface area contributed by atoms with E-state index in [4.69, 9.17) is 16.2 Å². The topological polar surface area (TPSA) is 98.9 Å². The molecule has 0 aliphatic rings. The molecular weight excluding hydrogens is 298 g/mol.